The molecule has 138 valence electrons. The van der Waals surface area contributed by atoms with Crippen LogP contribution in [-0.2, 0) is 16.0 Å². The summed E-state index contributed by atoms with van der Waals surface area (Å²) in [6.07, 6.45) is 2.51. The lowest BCUT2D eigenvalue weighted by Gasteiger charge is -2.09. The van der Waals surface area contributed by atoms with Crippen LogP contribution in [0.4, 0.5) is 0 Å². The zero-order valence-electron chi connectivity index (χ0n) is 15.2. The van der Waals surface area contributed by atoms with Gasteiger partial charge in [-0.1, -0.05) is 66.7 Å². The number of ether oxygens (including phenoxy) is 2. The first-order chi connectivity index (χ1) is 13.8. The quantitative estimate of drug-likeness (QED) is 0.469. The van der Waals surface area contributed by atoms with Crippen molar-refractivity contribution in [3.8, 4) is 5.75 Å². The first kappa shape index (κ1) is 17.7. The number of benzene rings is 3. The van der Waals surface area contributed by atoms with E-state index in [0.717, 1.165) is 17.5 Å². The maximum absolute atomic E-state index is 12.2. The second-order valence-corrected chi connectivity index (χ2v) is 6.32. The molecule has 0 amide bonds. The van der Waals surface area contributed by atoms with Crippen molar-refractivity contribution >= 4 is 17.9 Å². The molecule has 0 spiro atoms. The molecule has 0 fully saturated rings. The highest BCUT2D eigenvalue weighted by molar-refractivity contribution is 6.12. The molecule has 0 aromatic heterocycles. The number of hydrogen-bond acceptors (Lipinski definition) is 4. The Bertz CT molecular complexity index is 1020. The summed E-state index contributed by atoms with van der Waals surface area (Å²) >= 11 is 0. The van der Waals surface area contributed by atoms with Crippen LogP contribution in [0.5, 0.6) is 5.75 Å². The molecule has 0 saturated heterocycles. The third kappa shape index (κ3) is 4.18. The fraction of sp³-hybridized carbons (Fsp3) is 0.0833. The predicted octanol–water partition coefficient (Wildman–Crippen LogP) is 4.65. The molecular weight excluding hydrogens is 350 g/mol. The third-order valence-electron chi connectivity index (χ3n) is 4.34. The van der Waals surface area contributed by atoms with Crippen LogP contribution in [0.15, 0.2) is 95.6 Å². The smallest absolute Gasteiger partial charge is 0.363 e. The fourth-order valence-corrected chi connectivity index (χ4v) is 2.92. The summed E-state index contributed by atoms with van der Waals surface area (Å²) in [7, 11) is 0. The van der Waals surface area contributed by atoms with E-state index >= 15 is 0 Å². The highest BCUT2D eigenvalue weighted by Crippen LogP contribution is 2.25. The summed E-state index contributed by atoms with van der Waals surface area (Å²) in [4.78, 5) is 16.6. The van der Waals surface area contributed by atoms with Crippen LogP contribution in [-0.4, -0.2) is 18.5 Å². The van der Waals surface area contributed by atoms with Crippen molar-refractivity contribution in [2.75, 3.05) is 6.61 Å². The Kier molecular flexibility index (Phi) is 5.29. The molecule has 4 nitrogen and oxygen atoms in total. The van der Waals surface area contributed by atoms with E-state index in [2.05, 4.69) is 17.1 Å². The number of carbonyl (C=O) groups excluding carboxylic acids is 1. The van der Waals surface area contributed by atoms with Gasteiger partial charge < -0.3 is 9.47 Å². The molecule has 0 bridgehead atoms. The van der Waals surface area contributed by atoms with E-state index < -0.39 is 5.97 Å². The number of nitrogens with zero attached hydrogens (tertiary/aromatic N) is 1. The predicted molar refractivity (Wildman–Crippen MR) is 109 cm³/mol. The number of aliphatic imine (C=N–C) groups is 1. The number of hydrogen-bond donors (Lipinski definition) is 0. The number of para-hydroxylation sites is 1. The normalized spacial score (nSPS) is 14.6. The van der Waals surface area contributed by atoms with Crippen LogP contribution >= 0.6 is 0 Å². The maximum atomic E-state index is 12.2. The van der Waals surface area contributed by atoms with Gasteiger partial charge in [0.05, 0.1) is 6.61 Å². The summed E-state index contributed by atoms with van der Waals surface area (Å²) in [5, 5.41) is 0. The molecule has 0 atom stereocenters. The van der Waals surface area contributed by atoms with E-state index in [1.54, 1.807) is 6.08 Å². The number of cyclic esters (lactones) is 1. The molecule has 1 aliphatic rings. The first-order valence-electron chi connectivity index (χ1n) is 9.13. The molecule has 4 rings (SSSR count). The van der Waals surface area contributed by atoms with Crippen LogP contribution in [0.1, 0.15) is 16.7 Å². The Hall–Kier alpha value is -3.66. The highest BCUT2D eigenvalue weighted by Gasteiger charge is 2.24. The largest absolute Gasteiger partial charge is 0.493 e. The third-order valence-corrected chi connectivity index (χ3v) is 4.34. The molecule has 0 N–H and O–H groups in total. The molecule has 0 aliphatic carbocycles. The van der Waals surface area contributed by atoms with E-state index in [-0.39, 0.29) is 5.70 Å². The zero-order valence-corrected chi connectivity index (χ0v) is 15.2. The van der Waals surface area contributed by atoms with Crippen LogP contribution in [0.3, 0.4) is 0 Å². The van der Waals surface area contributed by atoms with Crippen molar-refractivity contribution in [3.05, 3.63) is 107 Å². The maximum Gasteiger partial charge on any atom is 0.363 e. The van der Waals surface area contributed by atoms with Crippen molar-refractivity contribution in [2.24, 2.45) is 4.99 Å². The van der Waals surface area contributed by atoms with Crippen molar-refractivity contribution in [3.63, 3.8) is 0 Å². The summed E-state index contributed by atoms with van der Waals surface area (Å²) in [5.41, 5.74) is 3.04. The summed E-state index contributed by atoms with van der Waals surface area (Å²) in [6, 6.07) is 27.1. The van der Waals surface area contributed by atoms with Gasteiger partial charge >= 0.3 is 5.97 Å². The molecule has 0 unspecified atom stereocenters. The van der Waals surface area contributed by atoms with Gasteiger partial charge in [0.25, 0.3) is 0 Å². The Morgan fingerprint density at radius 2 is 1.54 bits per heavy atom. The van der Waals surface area contributed by atoms with Crippen molar-refractivity contribution < 1.29 is 14.3 Å². The molecule has 28 heavy (non-hydrogen) atoms. The van der Waals surface area contributed by atoms with Crippen LogP contribution in [0.25, 0.3) is 6.08 Å². The number of carbonyl (C=O) groups is 1. The average molecular weight is 369 g/mol. The SMILES string of the molecule is O=C1OC(c2ccccc2)=N/C1=C\c1ccccc1OCCc1ccccc1. The average Bonchev–Trinajstić information content (AvgIpc) is 3.11. The minimum Gasteiger partial charge on any atom is -0.493 e. The second kappa shape index (κ2) is 8.35. The molecule has 0 saturated carbocycles. The lowest BCUT2D eigenvalue weighted by molar-refractivity contribution is -0.129. The molecule has 0 radical (unpaired) electrons. The summed E-state index contributed by atoms with van der Waals surface area (Å²) in [6.45, 7) is 0.549. The van der Waals surface area contributed by atoms with E-state index in [0.29, 0.717) is 18.3 Å². The molecule has 3 aromatic rings. The lowest BCUT2D eigenvalue weighted by atomic mass is 10.1. The van der Waals surface area contributed by atoms with Gasteiger partial charge in [0.15, 0.2) is 5.70 Å². The topological polar surface area (TPSA) is 47.9 Å². The van der Waals surface area contributed by atoms with Gasteiger partial charge in [0, 0.05) is 17.5 Å². The van der Waals surface area contributed by atoms with Crippen LogP contribution < -0.4 is 4.74 Å². The standard InChI is InChI=1S/C24H19NO3/c26-24-21(25-23(28-24)19-11-5-2-6-12-19)17-20-13-7-8-14-22(20)27-16-15-18-9-3-1-4-10-18/h1-14,17H,15-16H2/b21-17-. The Labute approximate surface area is 163 Å². The van der Waals surface area contributed by atoms with Crippen LogP contribution in [0, 0.1) is 0 Å². The molecule has 1 aliphatic heterocycles. The van der Waals surface area contributed by atoms with Gasteiger partial charge in [-0.25, -0.2) is 9.79 Å². The van der Waals surface area contributed by atoms with Gasteiger partial charge in [-0.3, -0.25) is 0 Å². The first-order valence-corrected chi connectivity index (χ1v) is 9.13. The van der Waals surface area contributed by atoms with Crippen molar-refractivity contribution in [1.29, 1.82) is 0 Å². The van der Waals surface area contributed by atoms with Gasteiger partial charge in [0.2, 0.25) is 5.90 Å². The minimum atomic E-state index is -0.460. The molecule has 4 heteroatoms. The minimum absolute atomic E-state index is 0.262. The molecular formula is C24H19NO3. The molecule has 3 aromatic carbocycles. The van der Waals surface area contributed by atoms with Crippen molar-refractivity contribution in [2.45, 2.75) is 6.42 Å². The summed E-state index contributed by atoms with van der Waals surface area (Å²) < 4.78 is 11.3. The van der Waals surface area contributed by atoms with Gasteiger partial charge in [-0.15, -0.1) is 0 Å². The summed E-state index contributed by atoms with van der Waals surface area (Å²) in [5.74, 6) is 0.569. The van der Waals surface area contributed by atoms with E-state index in [9.17, 15) is 4.79 Å². The Balaban J connectivity index is 1.51. The zero-order chi connectivity index (χ0) is 19.2. The van der Waals surface area contributed by atoms with Crippen molar-refractivity contribution in [1.82, 2.24) is 0 Å². The monoisotopic (exact) mass is 369 g/mol. The molecule has 1 heterocycles. The van der Waals surface area contributed by atoms with E-state index in [1.807, 2.05) is 72.8 Å². The van der Waals surface area contributed by atoms with Crippen LogP contribution in [0.2, 0.25) is 0 Å². The Morgan fingerprint density at radius 1 is 0.857 bits per heavy atom. The lowest BCUT2D eigenvalue weighted by Crippen LogP contribution is -2.05. The Morgan fingerprint density at radius 3 is 2.32 bits per heavy atom. The number of rotatable bonds is 6. The second-order valence-electron chi connectivity index (χ2n) is 6.32. The highest BCUT2D eigenvalue weighted by atomic mass is 16.6. The number of esters is 1. The van der Waals surface area contributed by atoms with Gasteiger partial charge in [-0.05, 0) is 29.8 Å². The van der Waals surface area contributed by atoms with Gasteiger partial charge in [-0.2, -0.15) is 0 Å². The van der Waals surface area contributed by atoms with E-state index in [4.69, 9.17) is 9.47 Å². The fourth-order valence-electron chi connectivity index (χ4n) is 2.92. The van der Waals surface area contributed by atoms with E-state index in [1.165, 1.54) is 5.56 Å². The van der Waals surface area contributed by atoms with Gasteiger partial charge in [0.1, 0.15) is 5.75 Å².